The molecule has 0 aromatic heterocycles. The van der Waals surface area contributed by atoms with Gasteiger partial charge in [-0.3, -0.25) is 4.79 Å². The maximum Gasteiger partial charge on any atom is 0.303 e. The molecule has 0 spiro atoms. The van der Waals surface area contributed by atoms with E-state index in [1.54, 1.807) is 0 Å². The second-order valence-electron chi connectivity index (χ2n) is 5.97. The van der Waals surface area contributed by atoms with Crippen molar-refractivity contribution >= 4 is 5.97 Å². The van der Waals surface area contributed by atoms with Gasteiger partial charge in [-0.2, -0.15) is 0 Å². The number of rotatable bonds is 8. The van der Waals surface area contributed by atoms with Gasteiger partial charge in [-0.25, -0.2) is 0 Å². The lowest BCUT2D eigenvalue weighted by Crippen LogP contribution is -2.44. The van der Waals surface area contributed by atoms with Crippen LogP contribution in [-0.4, -0.2) is 23.2 Å². The van der Waals surface area contributed by atoms with Crippen molar-refractivity contribution in [2.75, 3.05) is 0 Å². The zero-order chi connectivity index (χ0) is 14.4. The van der Waals surface area contributed by atoms with Crippen LogP contribution in [-0.2, 0) is 11.2 Å². The first-order valence-electron chi connectivity index (χ1n) is 7.67. The maximum atomic E-state index is 10.8. The summed E-state index contributed by atoms with van der Waals surface area (Å²) >= 11 is 0. The topological polar surface area (TPSA) is 49.3 Å². The lowest BCUT2D eigenvalue weighted by molar-refractivity contribution is -0.137. The standard InChI is InChI=1S/C17H25NO2/c1-13(15-8-5-9-15)18-16(10-11-17(19)20)12-14-6-3-2-4-7-14/h2-4,6-7,13,15-16,18H,5,8-12H2,1H3,(H,19,20). The SMILES string of the molecule is CC(NC(CCC(=O)O)Cc1ccccc1)C1CCC1. The molecule has 3 nitrogen and oxygen atoms in total. The molecule has 1 saturated carbocycles. The Balaban J connectivity index is 1.90. The predicted octanol–water partition coefficient (Wildman–Crippen LogP) is 3.24. The van der Waals surface area contributed by atoms with Crippen molar-refractivity contribution in [1.82, 2.24) is 5.32 Å². The first kappa shape index (κ1) is 15.0. The largest absolute Gasteiger partial charge is 0.481 e. The number of aliphatic carboxylic acids is 1. The van der Waals surface area contributed by atoms with Crippen LogP contribution in [0.2, 0.25) is 0 Å². The van der Waals surface area contributed by atoms with Gasteiger partial charge in [-0.1, -0.05) is 36.8 Å². The molecule has 2 N–H and O–H groups in total. The van der Waals surface area contributed by atoms with Gasteiger partial charge in [0.2, 0.25) is 0 Å². The van der Waals surface area contributed by atoms with Crippen LogP contribution in [0.5, 0.6) is 0 Å². The molecular weight excluding hydrogens is 250 g/mol. The molecule has 0 bridgehead atoms. The molecule has 0 saturated heterocycles. The number of carboxylic acid groups (broad SMARTS) is 1. The van der Waals surface area contributed by atoms with E-state index in [2.05, 4.69) is 24.4 Å². The average Bonchev–Trinajstić information content (AvgIpc) is 2.35. The van der Waals surface area contributed by atoms with Gasteiger partial charge in [-0.15, -0.1) is 0 Å². The van der Waals surface area contributed by atoms with Crippen molar-refractivity contribution in [3.8, 4) is 0 Å². The van der Waals surface area contributed by atoms with Crippen LogP contribution < -0.4 is 5.32 Å². The molecule has 1 aliphatic rings. The summed E-state index contributed by atoms with van der Waals surface area (Å²) in [6, 6.07) is 11.1. The number of hydrogen-bond acceptors (Lipinski definition) is 2. The van der Waals surface area contributed by atoms with Gasteiger partial charge in [0, 0.05) is 18.5 Å². The summed E-state index contributed by atoms with van der Waals surface area (Å²) in [5.41, 5.74) is 1.27. The van der Waals surface area contributed by atoms with E-state index in [0.29, 0.717) is 12.5 Å². The van der Waals surface area contributed by atoms with E-state index in [9.17, 15) is 4.79 Å². The van der Waals surface area contributed by atoms with Crippen molar-refractivity contribution in [3.63, 3.8) is 0 Å². The molecule has 0 amide bonds. The molecule has 0 radical (unpaired) electrons. The second-order valence-corrected chi connectivity index (χ2v) is 5.97. The molecule has 1 fully saturated rings. The zero-order valence-electron chi connectivity index (χ0n) is 12.2. The summed E-state index contributed by atoms with van der Waals surface area (Å²) in [6.07, 6.45) is 5.81. The molecule has 1 aliphatic carbocycles. The van der Waals surface area contributed by atoms with Crippen LogP contribution >= 0.6 is 0 Å². The fraction of sp³-hybridized carbons (Fsp3) is 0.588. The third-order valence-electron chi connectivity index (χ3n) is 4.39. The Labute approximate surface area is 121 Å². The Morgan fingerprint density at radius 3 is 2.60 bits per heavy atom. The monoisotopic (exact) mass is 275 g/mol. The minimum absolute atomic E-state index is 0.238. The second kappa shape index (κ2) is 7.44. The quantitative estimate of drug-likeness (QED) is 0.765. The van der Waals surface area contributed by atoms with Crippen LogP contribution in [0.15, 0.2) is 30.3 Å². The van der Waals surface area contributed by atoms with Crippen molar-refractivity contribution in [2.45, 2.75) is 57.5 Å². The maximum absolute atomic E-state index is 10.8. The van der Waals surface area contributed by atoms with Gasteiger partial charge < -0.3 is 10.4 Å². The zero-order valence-corrected chi connectivity index (χ0v) is 12.2. The van der Waals surface area contributed by atoms with Gasteiger partial charge in [0.25, 0.3) is 0 Å². The Morgan fingerprint density at radius 1 is 1.35 bits per heavy atom. The molecule has 0 heterocycles. The van der Waals surface area contributed by atoms with E-state index in [0.717, 1.165) is 12.3 Å². The summed E-state index contributed by atoms with van der Waals surface area (Å²) in [6.45, 7) is 2.24. The fourth-order valence-electron chi connectivity index (χ4n) is 2.89. The molecule has 1 aromatic carbocycles. The lowest BCUT2D eigenvalue weighted by Gasteiger charge is -2.34. The average molecular weight is 275 g/mol. The molecular formula is C17H25NO2. The summed E-state index contributed by atoms with van der Waals surface area (Å²) < 4.78 is 0. The number of carbonyl (C=O) groups is 1. The minimum atomic E-state index is -0.707. The third kappa shape index (κ3) is 4.64. The van der Waals surface area contributed by atoms with E-state index in [-0.39, 0.29) is 12.5 Å². The lowest BCUT2D eigenvalue weighted by atomic mass is 9.80. The summed E-state index contributed by atoms with van der Waals surface area (Å²) in [5.74, 6) is 0.0688. The first-order chi connectivity index (χ1) is 9.65. The van der Waals surface area contributed by atoms with E-state index >= 15 is 0 Å². The number of benzene rings is 1. The Bertz CT molecular complexity index is 414. The van der Waals surface area contributed by atoms with Crippen molar-refractivity contribution in [2.24, 2.45) is 5.92 Å². The highest BCUT2D eigenvalue weighted by atomic mass is 16.4. The Kier molecular flexibility index (Phi) is 5.60. The van der Waals surface area contributed by atoms with Crippen LogP contribution in [0.3, 0.4) is 0 Å². The third-order valence-corrected chi connectivity index (χ3v) is 4.39. The molecule has 2 atom stereocenters. The molecule has 2 unspecified atom stereocenters. The highest BCUT2D eigenvalue weighted by Crippen LogP contribution is 2.29. The van der Waals surface area contributed by atoms with Gasteiger partial charge in [-0.05, 0) is 44.1 Å². The Hall–Kier alpha value is -1.35. The summed E-state index contributed by atoms with van der Waals surface area (Å²) in [4.78, 5) is 10.8. The van der Waals surface area contributed by atoms with Crippen LogP contribution in [0.25, 0.3) is 0 Å². The van der Waals surface area contributed by atoms with E-state index in [1.807, 2.05) is 18.2 Å². The molecule has 3 heteroatoms. The number of hydrogen-bond donors (Lipinski definition) is 2. The summed E-state index contributed by atoms with van der Waals surface area (Å²) in [5, 5.41) is 12.6. The molecule has 20 heavy (non-hydrogen) atoms. The van der Waals surface area contributed by atoms with Gasteiger partial charge >= 0.3 is 5.97 Å². The molecule has 2 rings (SSSR count). The van der Waals surface area contributed by atoms with Crippen molar-refractivity contribution in [3.05, 3.63) is 35.9 Å². The fourth-order valence-corrected chi connectivity index (χ4v) is 2.89. The molecule has 1 aromatic rings. The van der Waals surface area contributed by atoms with E-state index in [1.165, 1.54) is 24.8 Å². The van der Waals surface area contributed by atoms with Gasteiger partial charge in [0.15, 0.2) is 0 Å². The van der Waals surface area contributed by atoms with Crippen molar-refractivity contribution < 1.29 is 9.90 Å². The van der Waals surface area contributed by atoms with Gasteiger partial charge in [0.05, 0.1) is 0 Å². The Morgan fingerprint density at radius 2 is 2.05 bits per heavy atom. The van der Waals surface area contributed by atoms with Crippen LogP contribution in [0, 0.1) is 5.92 Å². The minimum Gasteiger partial charge on any atom is -0.481 e. The van der Waals surface area contributed by atoms with Crippen LogP contribution in [0.1, 0.15) is 44.6 Å². The van der Waals surface area contributed by atoms with Crippen LogP contribution in [0.4, 0.5) is 0 Å². The summed E-state index contributed by atoms with van der Waals surface area (Å²) in [7, 11) is 0. The molecule has 0 aliphatic heterocycles. The first-order valence-corrected chi connectivity index (χ1v) is 7.67. The van der Waals surface area contributed by atoms with Gasteiger partial charge in [0.1, 0.15) is 0 Å². The smallest absolute Gasteiger partial charge is 0.303 e. The predicted molar refractivity (Wildman–Crippen MR) is 80.7 cm³/mol. The molecule has 110 valence electrons. The number of carboxylic acids is 1. The normalized spacial score (nSPS) is 18.2. The highest BCUT2D eigenvalue weighted by Gasteiger charge is 2.25. The highest BCUT2D eigenvalue weighted by molar-refractivity contribution is 5.66. The van der Waals surface area contributed by atoms with E-state index < -0.39 is 5.97 Å². The number of nitrogens with one attached hydrogen (secondary N) is 1. The van der Waals surface area contributed by atoms with E-state index in [4.69, 9.17) is 5.11 Å². The van der Waals surface area contributed by atoms with Crippen molar-refractivity contribution in [1.29, 1.82) is 0 Å².